The standard InChI is InChI=1S/C9H10N4OS2/c15-9-12-11-7(14-9)6-5-10-8(16-6)13-3-1-2-4-13/h5H,1-4H2,(H,12,15). The van der Waals surface area contributed by atoms with Crippen LogP contribution < -0.4 is 4.90 Å². The summed E-state index contributed by atoms with van der Waals surface area (Å²) in [7, 11) is 0. The monoisotopic (exact) mass is 254 g/mol. The second-order valence-electron chi connectivity index (χ2n) is 3.62. The summed E-state index contributed by atoms with van der Waals surface area (Å²) in [5, 5.41) is 7.63. The maximum Gasteiger partial charge on any atom is 0.284 e. The normalized spacial score (nSPS) is 15.9. The highest BCUT2D eigenvalue weighted by Crippen LogP contribution is 2.31. The van der Waals surface area contributed by atoms with Crippen LogP contribution in [0.4, 0.5) is 5.13 Å². The topological polar surface area (TPSA) is 58.0 Å². The minimum atomic E-state index is 0.297. The molecule has 7 heteroatoms. The van der Waals surface area contributed by atoms with Crippen LogP contribution in [-0.4, -0.2) is 28.3 Å². The number of hydrogen-bond acceptors (Lipinski definition) is 6. The van der Waals surface area contributed by atoms with E-state index in [0.29, 0.717) is 10.7 Å². The third-order valence-corrected chi connectivity index (χ3v) is 3.74. The Bertz CT molecular complexity index is 537. The molecular formula is C9H10N4OS2. The fourth-order valence-corrected chi connectivity index (χ4v) is 2.77. The Morgan fingerprint density at radius 1 is 1.44 bits per heavy atom. The molecule has 0 radical (unpaired) electrons. The van der Waals surface area contributed by atoms with E-state index in [1.807, 2.05) is 0 Å². The molecule has 0 spiro atoms. The molecule has 1 aliphatic heterocycles. The molecule has 0 bridgehead atoms. The van der Waals surface area contributed by atoms with Crippen LogP contribution in [0, 0.1) is 4.84 Å². The maximum atomic E-state index is 5.25. The first-order valence-electron chi connectivity index (χ1n) is 5.09. The fraction of sp³-hybridized carbons (Fsp3) is 0.444. The first-order chi connectivity index (χ1) is 7.83. The molecule has 0 aromatic carbocycles. The van der Waals surface area contributed by atoms with Crippen molar-refractivity contribution in [1.29, 1.82) is 0 Å². The van der Waals surface area contributed by atoms with E-state index in [-0.39, 0.29) is 0 Å². The molecule has 3 heterocycles. The summed E-state index contributed by atoms with van der Waals surface area (Å²) in [6.07, 6.45) is 4.28. The van der Waals surface area contributed by atoms with Crippen LogP contribution in [0.25, 0.3) is 10.8 Å². The van der Waals surface area contributed by atoms with Crippen LogP contribution in [0.15, 0.2) is 10.6 Å². The molecule has 16 heavy (non-hydrogen) atoms. The van der Waals surface area contributed by atoms with Crippen molar-refractivity contribution in [2.75, 3.05) is 18.0 Å². The number of anilines is 1. The van der Waals surface area contributed by atoms with Gasteiger partial charge >= 0.3 is 0 Å². The van der Waals surface area contributed by atoms with Gasteiger partial charge in [0.05, 0.1) is 6.20 Å². The van der Waals surface area contributed by atoms with E-state index < -0.39 is 0 Å². The Morgan fingerprint density at radius 2 is 2.25 bits per heavy atom. The lowest BCUT2D eigenvalue weighted by molar-refractivity contribution is 0.553. The summed E-state index contributed by atoms with van der Waals surface area (Å²) in [6, 6.07) is 0. The van der Waals surface area contributed by atoms with Crippen LogP contribution in [-0.2, 0) is 0 Å². The van der Waals surface area contributed by atoms with Crippen molar-refractivity contribution in [2.45, 2.75) is 12.8 Å². The molecule has 1 aliphatic rings. The van der Waals surface area contributed by atoms with Crippen LogP contribution in [0.5, 0.6) is 0 Å². The Morgan fingerprint density at radius 3 is 2.94 bits per heavy atom. The van der Waals surface area contributed by atoms with Crippen LogP contribution in [0.3, 0.4) is 0 Å². The number of nitrogens with zero attached hydrogens (tertiary/aromatic N) is 3. The maximum absolute atomic E-state index is 5.25. The second kappa shape index (κ2) is 3.99. The molecule has 0 amide bonds. The number of hydrogen-bond donors (Lipinski definition) is 1. The Kier molecular flexibility index (Phi) is 2.49. The first-order valence-corrected chi connectivity index (χ1v) is 6.32. The molecular weight excluding hydrogens is 244 g/mol. The van der Waals surface area contributed by atoms with E-state index in [1.54, 1.807) is 17.5 Å². The molecule has 0 unspecified atom stereocenters. The van der Waals surface area contributed by atoms with Crippen molar-refractivity contribution < 1.29 is 4.42 Å². The SMILES string of the molecule is S=c1[nH]nc(-c2cnc(N3CCCC3)s2)o1. The van der Waals surface area contributed by atoms with Gasteiger partial charge in [0, 0.05) is 13.1 Å². The molecule has 1 fully saturated rings. The molecule has 0 atom stereocenters. The third-order valence-electron chi connectivity index (χ3n) is 2.52. The van der Waals surface area contributed by atoms with E-state index in [2.05, 4.69) is 20.1 Å². The molecule has 5 nitrogen and oxygen atoms in total. The van der Waals surface area contributed by atoms with Crippen LogP contribution >= 0.6 is 23.6 Å². The summed E-state index contributed by atoms with van der Waals surface area (Å²) in [5.41, 5.74) is 0. The zero-order valence-corrected chi connectivity index (χ0v) is 10.1. The highest BCUT2D eigenvalue weighted by atomic mass is 32.1. The van der Waals surface area contributed by atoms with Crippen molar-refractivity contribution in [3.05, 3.63) is 11.0 Å². The Labute approximate surface area is 101 Å². The van der Waals surface area contributed by atoms with E-state index in [1.165, 1.54) is 12.8 Å². The van der Waals surface area contributed by atoms with Gasteiger partial charge in [-0.2, -0.15) is 0 Å². The number of thiazole rings is 1. The fourth-order valence-electron chi connectivity index (χ4n) is 1.75. The van der Waals surface area contributed by atoms with Gasteiger partial charge in [-0.3, -0.25) is 0 Å². The van der Waals surface area contributed by atoms with Gasteiger partial charge in [0.25, 0.3) is 10.7 Å². The van der Waals surface area contributed by atoms with Crippen molar-refractivity contribution in [1.82, 2.24) is 15.2 Å². The highest BCUT2D eigenvalue weighted by molar-refractivity contribution is 7.71. The summed E-state index contributed by atoms with van der Waals surface area (Å²) in [4.78, 5) is 7.88. The molecule has 0 saturated carbocycles. The Balaban J connectivity index is 1.89. The summed E-state index contributed by atoms with van der Waals surface area (Å²) in [6.45, 7) is 2.19. The number of nitrogens with one attached hydrogen (secondary N) is 1. The van der Waals surface area contributed by atoms with Crippen molar-refractivity contribution in [3.63, 3.8) is 0 Å². The molecule has 2 aromatic rings. The van der Waals surface area contributed by atoms with Crippen molar-refractivity contribution in [3.8, 4) is 10.8 Å². The average molecular weight is 254 g/mol. The van der Waals surface area contributed by atoms with Gasteiger partial charge in [0.1, 0.15) is 4.88 Å². The number of aromatic amines is 1. The first kappa shape index (κ1) is 9.98. The average Bonchev–Trinajstić information content (AvgIpc) is 2.97. The van der Waals surface area contributed by atoms with Crippen molar-refractivity contribution >= 4 is 28.7 Å². The van der Waals surface area contributed by atoms with Gasteiger partial charge in [-0.25, -0.2) is 10.1 Å². The summed E-state index contributed by atoms with van der Waals surface area (Å²) >= 11 is 6.42. The summed E-state index contributed by atoms with van der Waals surface area (Å²) in [5.74, 6) is 0.521. The quantitative estimate of drug-likeness (QED) is 0.834. The number of aromatic nitrogens is 3. The minimum absolute atomic E-state index is 0.297. The van der Waals surface area contributed by atoms with Gasteiger partial charge in [0.2, 0.25) is 0 Å². The van der Waals surface area contributed by atoms with E-state index in [9.17, 15) is 0 Å². The lowest BCUT2D eigenvalue weighted by Crippen LogP contribution is -2.16. The Hall–Kier alpha value is -1.21. The molecule has 2 aromatic heterocycles. The van der Waals surface area contributed by atoms with Crippen LogP contribution in [0.1, 0.15) is 12.8 Å². The molecule has 1 saturated heterocycles. The third kappa shape index (κ3) is 1.76. The summed E-state index contributed by atoms with van der Waals surface area (Å²) < 4.78 is 5.25. The lowest BCUT2D eigenvalue weighted by Gasteiger charge is -2.11. The van der Waals surface area contributed by atoms with Gasteiger partial charge in [-0.05, 0) is 25.1 Å². The predicted molar refractivity (Wildman–Crippen MR) is 64.2 cm³/mol. The minimum Gasteiger partial charge on any atom is -0.408 e. The number of H-pyrrole nitrogens is 1. The van der Waals surface area contributed by atoms with Crippen molar-refractivity contribution in [2.24, 2.45) is 0 Å². The van der Waals surface area contributed by atoms with Crippen LogP contribution in [0.2, 0.25) is 0 Å². The zero-order valence-electron chi connectivity index (χ0n) is 8.47. The second-order valence-corrected chi connectivity index (χ2v) is 5.00. The molecule has 3 rings (SSSR count). The number of rotatable bonds is 2. The largest absolute Gasteiger partial charge is 0.408 e. The van der Waals surface area contributed by atoms with E-state index in [0.717, 1.165) is 23.1 Å². The van der Waals surface area contributed by atoms with E-state index in [4.69, 9.17) is 16.6 Å². The molecule has 84 valence electrons. The molecule has 1 N–H and O–H groups in total. The molecule has 0 aliphatic carbocycles. The van der Waals surface area contributed by atoms with Gasteiger partial charge in [-0.15, -0.1) is 5.10 Å². The van der Waals surface area contributed by atoms with Gasteiger partial charge in [0.15, 0.2) is 5.13 Å². The predicted octanol–water partition coefficient (Wildman–Crippen LogP) is 2.46. The zero-order chi connectivity index (χ0) is 11.0. The van der Waals surface area contributed by atoms with Gasteiger partial charge in [-0.1, -0.05) is 11.3 Å². The lowest BCUT2D eigenvalue weighted by atomic mass is 10.4. The van der Waals surface area contributed by atoms with Gasteiger partial charge < -0.3 is 9.32 Å². The van der Waals surface area contributed by atoms with E-state index >= 15 is 0 Å². The highest BCUT2D eigenvalue weighted by Gasteiger charge is 2.17. The smallest absolute Gasteiger partial charge is 0.284 e.